The van der Waals surface area contributed by atoms with Gasteiger partial charge in [0.05, 0.1) is 24.5 Å². The maximum absolute atomic E-state index is 11.8. The van der Waals surface area contributed by atoms with Gasteiger partial charge in [0.1, 0.15) is 79.9 Å². The Morgan fingerprint density at radius 1 is 0.254 bits per heavy atom. The van der Waals surface area contributed by atoms with Crippen LogP contribution in [0.15, 0.2) is 218 Å². The van der Waals surface area contributed by atoms with Gasteiger partial charge in [0, 0.05) is 94.8 Å². The van der Waals surface area contributed by atoms with Crippen LogP contribution in [0, 0.1) is 96.9 Å². The predicted molar refractivity (Wildman–Crippen MR) is 562 cm³/mol. The summed E-state index contributed by atoms with van der Waals surface area (Å²) in [7, 11) is 0. The third-order valence-corrected chi connectivity index (χ3v) is 23.4. The monoisotopic (exact) mass is 1870 g/mol. The van der Waals surface area contributed by atoms with Gasteiger partial charge in [0.15, 0.2) is 0 Å². The number of carbonyl (C=O) groups is 6. The molecule has 0 spiro atoms. The molecule has 138 heavy (non-hydrogen) atoms. The van der Waals surface area contributed by atoms with E-state index < -0.39 is 0 Å². The van der Waals surface area contributed by atoms with Crippen LogP contribution in [0.3, 0.4) is 0 Å². The molecule has 1 saturated carbocycles. The molecule has 12 aromatic carbocycles. The molecule has 0 saturated heterocycles. The number of nitrogens with one attached hydrogen (secondary N) is 6. The number of aryl methyl sites for hydroxylation is 15. The fraction of sp³-hybridized carbons (Fsp3) is 0.339. The number of anilines is 6. The highest BCUT2D eigenvalue weighted by Gasteiger charge is 2.28. The highest BCUT2D eigenvalue weighted by Crippen LogP contribution is 2.44. The highest BCUT2D eigenvalue weighted by atomic mass is 16.5. The zero-order valence-corrected chi connectivity index (χ0v) is 85.1. The lowest BCUT2D eigenvalue weighted by molar-refractivity contribution is -0.116. The van der Waals surface area contributed by atoms with Crippen LogP contribution < -0.4 is 65.1 Å². The van der Waals surface area contributed by atoms with Gasteiger partial charge in [-0.25, -0.2) is 0 Å². The Hall–Kier alpha value is -14.0. The van der Waals surface area contributed by atoms with Crippen molar-refractivity contribution in [1.82, 2.24) is 0 Å². The molecule has 6 amide bonds. The van der Waals surface area contributed by atoms with Gasteiger partial charge in [0.25, 0.3) is 0 Å². The van der Waals surface area contributed by atoms with E-state index in [-0.39, 0.29) is 42.0 Å². The molecule has 0 atom stereocenters. The molecule has 0 unspecified atom stereocenters. The van der Waals surface area contributed by atoms with Crippen LogP contribution in [0.2, 0.25) is 0 Å². The average Bonchev–Trinajstić information content (AvgIpc) is 1.65. The van der Waals surface area contributed by atoms with Gasteiger partial charge in [-0.1, -0.05) is 221 Å². The van der Waals surface area contributed by atoms with E-state index in [1.807, 2.05) is 261 Å². The normalized spacial score (nSPS) is 10.9. The molecule has 7 N–H and O–H groups in total. The molecular weight excluding hydrogens is 1730 g/mol. The van der Waals surface area contributed by atoms with Crippen molar-refractivity contribution in [2.24, 2.45) is 0 Å². The molecule has 1 aliphatic carbocycles. The summed E-state index contributed by atoms with van der Waals surface area (Å²) in [5.41, 5.74) is 30.1. The fourth-order valence-electron chi connectivity index (χ4n) is 15.2. The minimum absolute atomic E-state index is 0.0124. The maximum atomic E-state index is 11.8. The van der Waals surface area contributed by atoms with E-state index in [0.29, 0.717) is 96.4 Å². The van der Waals surface area contributed by atoms with Crippen LogP contribution in [0.5, 0.6) is 40.2 Å². The number of hydrogen-bond acceptors (Lipinski definition) is 14. The van der Waals surface area contributed by atoms with Crippen molar-refractivity contribution in [3.8, 4) is 40.2 Å². The first-order valence-corrected chi connectivity index (χ1v) is 48.1. The van der Waals surface area contributed by atoms with Crippen molar-refractivity contribution in [3.05, 3.63) is 346 Å². The molecule has 0 heterocycles. The van der Waals surface area contributed by atoms with Crippen molar-refractivity contribution < 1.29 is 67.0 Å². The van der Waals surface area contributed by atoms with Crippen molar-refractivity contribution in [2.45, 2.75) is 262 Å². The van der Waals surface area contributed by atoms with Crippen molar-refractivity contribution in [3.63, 3.8) is 0 Å². The molecular formula is C118H144N6O14. The molecule has 13 rings (SSSR count). The molecule has 0 aromatic heterocycles. The fourth-order valence-corrected chi connectivity index (χ4v) is 15.2. The number of benzene rings is 12. The third kappa shape index (κ3) is 34.4. The molecule has 0 radical (unpaired) electrons. The molecule has 20 nitrogen and oxygen atoms in total. The molecule has 730 valence electrons. The van der Waals surface area contributed by atoms with Crippen LogP contribution in [-0.2, 0) is 81.4 Å². The highest BCUT2D eigenvalue weighted by molar-refractivity contribution is 5.95. The number of carbonyl (C=O) groups excluding carboxylic acids is 6. The van der Waals surface area contributed by atoms with Gasteiger partial charge in [-0.2, -0.15) is 0 Å². The quantitative estimate of drug-likeness (QED) is 0.0195. The Morgan fingerprint density at radius 2 is 0.493 bits per heavy atom. The largest absolute Gasteiger partial charge is 0.493 e. The number of aliphatic hydroxyl groups is 1. The van der Waals surface area contributed by atoms with Crippen LogP contribution in [-0.4, -0.2) is 47.2 Å². The molecule has 1 aliphatic rings. The zero-order chi connectivity index (χ0) is 100. The second-order valence-electron chi connectivity index (χ2n) is 34.7. The van der Waals surface area contributed by atoms with Gasteiger partial charge in [0.2, 0.25) is 35.4 Å². The van der Waals surface area contributed by atoms with Crippen LogP contribution in [0.25, 0.3) is 0 Å². The lowest BCUT2D eigenvalue weighted by atomic mass is 10.0. The molecule has 0 bridgehead atoms. The Kier molecular flexibility index (Phi) is 44.3. The van der Waals surface area contributed by atoms with E-state index >= 15 is 0 Å². The summed E-state index contributed by atoms with van der Waals surface area (Å²) < 4.78 is 41.7. The van der Waals surface area contributed by atoms with Crippen LogP contribution >= 0.6 is 0 Å². The van der Waals surface area contributed by atoms with Gasteiger partial charge >= 0.3 is 0 Å². The average molecular weight is 1870 g/mol. The number of aliphatic hydroxyl groups excluding tert-OH is 1. The summed E-state index contributed by atoms with van der Waals surface area (Å²) in [4.78, 5) is 70.4. The summed E-state index contributed by atoms with van der Waals surface area (Å²) in [5.74, 6) is 6.51. The van der Waals surface area contributed by atoms with Crippen molar-refractivity contribution in [1.29, 1.82) is 0 Å². The first-order chi connectivity index (χ1) is 66.2. The molecule has 12 aromatic rings. The second-order valence-corrected chi connectivity index (χ2v) is 34.7. The van der Waals surface area contributed by atoms with E-state index in [1.54, 1.807) is 6.92 Å². The van der Waals surface area contributed by atoms with E-state index in [1.165, 1.54) is 57.3 Å². The topological polar surface area (TPSA) is 259 Å². The van der Waals surface area contributed by atoms with E-state index in [9.17, 15) is 33.9 Å². The number of amides is 6. The lowest BCUT2D eigenvalue weighted by Crippen LogP contribution is -2.13. The smallest absolute Gasteiger partial charge is 0.224 e. The Bertz CT molecular complexity index is 5850. The number of rotatable bonds is 35. The summed E-state index contributed by atoms with van der Waals surface area (Å²) >= 11 is 0. The Morgan fingerprint density at radius 3 is 0.768 bits per heavy atom. The SMILES string of the molecule is CCC(=O)Nc1cccc(C)c1COc1ccc(C)cc1C.CCC(=O)Nc1cccc(C)c1COc1ccc(C)cc1C.CCC(=O)Nc1cccc(C2CC2)c1COc1ccc(C)cc1C.CCC(=O)Nc1cccc(CC)c1COc1ccc(C)cc1C.CCC(=O)Nc1cccc(CO)c1COc1ccc(C)cc1C.CCOc1cccc(NC(=O)CC)c1COc1ccc(C)cc1C. The summed E-state index contributed by atoms with van der Waals surface area (Å²) in [6.07, 6.45) is 6.05. The Labute approximate surface area is 819 Å². The first-order valence-electron chi connectivity index (χ1n) is 48.1. The van der Waals surface area contributed by atoms with Gasteiger partial charge in [-0.15, -0.1) is 0 Å². The van der Waals surface area contributed by atoms with Gasteiger partial charge < -0.3 is 70.2 Å². The van der Waals surface area contributed by atoms with Gasteiger partial charge in [-0.05, 0) is 269 Å². The molecule has 0 aliphatic heterocycles. The maximum Gasteiger partial charge on any atom is 0.224 e. The molecule has 1 fully saturated rings. The van der Waals surface area contributed by atoms with Gasteiger partial charge in [-0.3, -0.25) is 28.8 Å². The lowest BCUT2D eigenvalue weighted by Gasteiger charge is -2.17. The first kappa shape index (κ1) is 109. The van der Waals surface area contributed by atoms with E-state index in [0.717, 1.165) is 159 Å². The van der Waals surface area contributed by atoms with Crippen LogP contribution in [0.4, 0.5) is 34.1 Å². The summed E-state index contributed by atoms with van der Waals surface area (Å²) in [6.45, 7) is 46.6. The Balaban J connectivity index is 0.000000203. The minimum atomic E-state index is -0.0958. The predicted octanol–water partition coefficient (Wildman–Crippen LogP) is 27.3. The van der Waals surface area contributed by atoms with Crippen molar-refractivity contribution >= 4 is 69.6 Å². The summed E-state index contributed by atoms with van der Waals surface area (Å²) in [5, 5.41) is 27.2. The second kappa shape index (κ2) is 55.9. The standard InChI is InChI=1S/C21H25NO2.C20H25NO3.C20H25NO2.C19H23NO3.2C19H23NO2/c1-4-21(23)22-19-7-5-6-17(16-9-10-16)18(19)13-24-20-11-8-14(2)12-15(20)3;1-5-20(22)21-17-8-7-9-19(23-6-2)16(17)13-24-18-11-10-14(3)12-15(18)4;1-5-16-8-7-9-18(21-20(22)6-2)17(16)13-23-19-11-10-14(3)12-15(19)4;1-4-19(22)20-17-7-5-6-15(11-21)16(17)12-23-18-9-8-13(2)10-14(18)3;2*1-5-19(21)20-17-8-6-7-14(3)16(17)12-22-18-10-9-13(2)11-15(18)4/h5-8,11-12,16H,4,9-10,13H2,1-3H3,(H,22,23);7-12H,5-6,13H2,1-4H3,(H,21,22);7-12H,5-6,13H2,1-4H3,(H,21,22);5-10,21H,4,11-12H2,1-3H3,(H,20,22);2*6-11H,5,12H2,1-4H3,(H,20,21). The third-order valence-electron chi connectivity index (χ3n) is 23.4. The van der Waals surface area contributed by atoms with E-state index in [2.05, 4.69) is 135 Å². The number of hydrogen-bond donors (Lipinski definition) is 7. The van der Waals surface area contributed by atoms with E-state index in [4.69, 9.17) is 33.2 Å². The number of ether oxygens (including phenoxy) is 7. The van der Waals surface area contributed by atoms with Crippen molar-refractivity contribution in [2.75, 3.05) is 38.5 Å². The zero-order valence-electron chi connectivity index (χ0n) is 85.1. The minimum Gasteiger partial charge on any atom is -0.493 e. The molecule has 20 heteroatoms. The summed E-state index contributed by atoms with van der Waals surface area (Å²) in [6, 6.07) is 71.8. The van der Waals surface area contributed by atoms with Crippen LogP contribution in [0.1, 0.15) is 241 Å².